The van der Waals surface area contributed by atoms with Crippen molar-refractivity contribution >= 4 is 11.6 Å². The molecule has 0 saturated carbocycles. The summed E-state index contributed by atoms with van der Waals surface area (Å²) in [6.07, 6.45) is 1.47. The molecular weight excluding hydrogens is 246 g/mol. The molecule has 88 valence electrons. The zero-order valence-corrected chi connectivity index (χ0v) is 9.46. The van der Waals surface area contributed by atoms with Gasteiger partial charge in [-0.05, 0) is 24.3 Å². The van der Waals surface area contributed by atoms with Crippen LogP contribution in [0.3, 0.4) is 0 Å². The molecule has 0 saturated heterocycles. The molecule has 0 fully saturated rings. The minimum Gasteiger partial charge on any atom is -0.319 e. The summed E-state index contributed by atoms with van der Waals surface area (Å²) in [5.41, 5.74) is 5.81. The number of pyridine rings is 1. The maximum Gasteiger partial charge on any atom is 0.131 e. The highest BCUT2D eigenvalue weighted by molar-refractivity contribution is 6.31. The highest BCUT2D eigenvalue weighted by atomic mass is 35.5. The topological polar surface area (TPSA) is 38.9 Å². The van der Waals surface area contributed by atoms with Gasteiger partial charge in [0.1, 0.15) is 11.6 Å². The van der Waals surface area contributed by atoms with Gasteiger partial charge in [0.25, 0.3) is 0 Å². The first-order valence-corrected chi connectivity index (χ1v) is 5.29. The molecular formula is C12H9ClF2N2. The van der Waals surface area contributed by atoms with Crippen LogP contribution in [-0.2, 0) is 0 Å². The Hall–Kier alpha value is -1.52. The molecule has 1 heterocycles. The van der Waals surface area contributed by atoms with Crippen LogP contribution in [-0.4, -0.2) is 4.98 Å². The molecule has 0 amide bonds. The molecule has 0 radical (unpaired) electrons. The minimum atomic E-state index is -1.02. The van der Waals surface area contributed by atoms with Crippen LogP contribution in [0.2, 0.25) is 5.02 Å². The summed E-state index contributed by atoms with van der Waals surface area (Å²) >= 11 is 5.89. The molecule has 0 aliphatic rings. The molecule has 1 aromatic heterocycles. The zero-order valence-electron chi connectivity index (χ0n) is 8.70. The molecule has 0 bridgehead atoms. The van der Waals surface area contributed by atoms with Crippen molar-refractivity contribution in [3.05, 3.63) is 64.4 Å². The SMILES string of the molecule is NC(c1ncccc1Cl)c1c(F)cccc1F. The second-order valence-electron chi connectivity index (χ2n) is 3.48. The van der Waals surface area contributed by atoms with Crippen molar-refractivity contribution in [2.75, 3.05) is 0 Å². The molecule has 0 aliphatic heterocycles. The molecule has 2 rings (SSSR count). The van der Waals surface area contributed by atoms with E-state index >= 15 is 0 Å². The largest absolute Gasteiger partial charge is 0.319 e. The number of hydrogen-bond donors (Lipinski definition) is 1. The number of halogens is 3. The lowest BCUT2D eigenvalue weighted by atomic mass is 10.0. The zero-order chi connectivity index (χ0) is 12.4. The third-order valence-electron chi connectivity index (χ3n) is 2.39. The van der Waals surface area contributed by atoms with E-state index in [0.717, 1.165) is 12.1 Å². The highest BCUT2D eigenvalue weighted by Crippen LogP contribution is 2.27. The highest BCUT2D eigenvalue weighted by Gasteiger charge is 2.20. The van der Waals surface area contributed by atoms with Crippen LogP contribution in [0.1, 0.15) is 17.3 Å². The molecule has 17 heavy (non-hydrogen) atoms. The molecule has 2 nitrogen and oxygen atoms in total. The van der Waals surface area contributed by atoms with Crippen molar-refractivity contribution in [3.8, 4) is 0 Å². The molecule has 5 heteroatoms. The van der Waals surface area contributed by atoms with Gasteiger partial charge in [-0.2, -0.15) is 0 Å². The van der Waals surface area contributed by atoms with Crippen LogP contribution in [0, 0.1) is 11.6 Å². The Morgan fingerprint density at radius 1 is 1.12 bits per heavy atom. The number of nitrogens with two attached hydrogens (primary N) is 1. The van der Waals surface area contributed by atoms with Crippen LogP contribution in [0.25, 0.3) is 0 Å². The normalized spacial score (nSPS) is 12.5. The van der Waals surface area contributed by atoms with Crippen molar-refractivity contribution in [1.29, 1.82) is 0 Å². The second-order valence-corrected chi connectivity index (χ2v) is 3.89. The predicted molar refractivity (Wildman–Crippen MR) is 61.6 cm³/mol. The van der Waals surface area contributed by atoms with Gasteiger partial charge < -0.3 is 5.73 Å². The predicted octanol–water partition coefficient (Wildman–Crippen LogP) is 3.06. The Balaban J connectivity index is 2.51. The molecule has 1 aromatic carbocycles. The van der Waals surface area contributed by atoms with Crippen LogP contribution < -0.4 is 5.73 Å². The summed E-state index contributed by atoms with van der Waals surface area (Å²) in [5.74, 6) is -1.42. The smallest absolute Gasteiger partial charge is 0.131 e. The van der Waals surface area contributed by atoms with E-state index in [1.54, 1.807) is 12.1 Å². The first kappa shape index (κ1) is 12.0. The van der Waals surface area contributed by atoms with Crippen molar-refractivity contribution in [2.24, 2.45) is 5.73 Å². The van der Waals surface area contributed by atoms with E-state index in [-0.39, 0.29) is 16.3 Å². The summed E-state index contributed by atoms with van der Waals surface area (Å²) in [7, 11) is 0. The summed E-state index contributed by atoms with van der Waals surface area (Å²) in [4.78, 5) is 3.95. The molecule has 0 spiro atoms. The van der Waals surface area contributed by atoms with E-state index in [9.17, 15) is 8.78 Å². The van der Waals surface area contributed by atoms with Gasteiger partial charge in [0.15, 0.2) is 0 Å². The van der Waals surface area contributed by atoms with E-state index in [4.69, 9.17) is 17.3 Å². The fourth-order valence-electron chi connectivity index (χ4n) is 1.57. The summed E-state index contributed by atoms with van der Waals surface area (Å²) in [6, 6.07) is 5.74. The Morgan fingerprint density at radius 2 is 1.76 bits per heavy atom. The van der Waals surface area contributed by atoms with Gasteiger partial charge in [-0.3, -0.25) is 4.98 Å². The average molecular weight is 255 g/mol. The van der Waals surface area contributed by atoms with E-state index in [0.29, 0.717) is 0 Å². The average Bonchev–Trinajstić information content (AvgIpc) is 2.29. The lowest BCUT2D eigenvalue weighted by Gasteiger charge is -2.14. The lowest BCUT2D eigenvalue weighted by molar-refractivity contribution is 0.541. The van der Waals surface area contributed by atoms with E-state index in [2.05, 4.69) is 4.98 Å². The molecule has 1 atom stereocenters. The Bertz CT molecular complexity index is 526. The number of benzene rings is 1. The van der Waals surface area contributed by atoms with Gasteiger partial charge in [0.2, 0.25) is 0 Å². The van der Waals surface area contributed by atoms with E-state index in [1.807, 2.05) is 0 Å². The number of hydrogen-bond acceptors (Lipinski definition) is 2. The van der Waals surface area contributed by atoms with Gasteiger partial charge in [0, 0.05) is 11.8 Å². The van der Waals surface area contributed by atoms with Gasteiger partial charge in [-0.1, -0.05) is 17.7 Å². The molecule has 1 unspecified atom stereocenters. The first-order valence-electron chi connectivity index (χ1n) is 4.91. The quantitative estimate of drug-likeness (QED) is 0.895. The van der Waals surface area contributed by atoms with Crippen LogP contribution >= 0.6 is 11.6 Å². The van der Waals surface area contributed by atoms with Crippen LogP contribution in [0.15, 0.2) is 36.5 Å². The lowest BCUT2D eigenvalue weighted by Crippen LogP contribution is -2.17. The van der Waals surface area contributed by atoms with Crippen molar-refractivity contribution in [1.82, 2.24) is 4.98 Å². The number of nitrogens with zero attached hydrogens (tertiary/aromatic N) is 1. The summed E-state index contributed by atoms with van der Waals surface area (Å²) in [6.45, 7) is 0. The van der Waals surface area contributed by atoms with Crippen LogP contribution in [0.4, 0.5) is 8.78 Å². The first-order chi connectivity index (χ1) is 8.11. The molecule has 2 aromatic rings. The number of rotatable bonds is 2. The fourth-order valence-corrected chi connectivity index (χ4v) is 1.81. The molecule has 2 N–H and O–H groups in total. The van der Waals surface area contributed by atoms with Gasteiger partial charge in [0.05, 0.1) is 16.8 Å². The summed E-state index contributed by atoms with van der Waals surface area (Å²) in [5, 5.41) is 0.280. The standard InChI is InChI=1S/C12H9ClF2N2/c13-7-3-2-6-17-12(7)11(16)10-8(14)4-1-5-9(10)15/h1-6,11H,16H2. The van der Waals surface area contributed by atoms with E-state index < -0.39 is 17.7 Å². The molecule has 0 aliphatic carbocycles. The number of aromatic nitrogens is 1. The van der Waals surface area contributed by atoms with Gasteiger partial charge in [-0.25, -0.2) is 8.78 Å². The van der Waals surface area contributed by atoms with Gasteiger partial charge in [-0.15, -0.1) is 0 Å². The van der Waals surface area contributed by atoms with Crippen molar-refractivity contribution in [3.63, 3.8) is 0 Å². The third-order valence-corrected chi connectivity index (χ3v) is 2.71. The van der Waals surface area contributed by atoms with Crippen molar-refractivity contribution < 1.29 is 8.78 Å². The monoisotopic (exact) mass is 254 g/mol. The Kier molecular flexibility index (Phi) is 3.36. The Morgan fingerprint density at radius 3 is 2.35 bits per heavy atom. The maximum absolute atomic E-state index is 13.5. The minimum absolute atomic E-state index is 0.229. The maximum atomic E-state index is 13.5. The van der Waals surface area contributed by atoms with Gasteiger partial charge >= 0.3 is 0 Å². The van der Waals surface area contributed by atoms with Crippen LogP contribution in [0.5, 0.6) is 0 Å². The second kappa shape index (κ2) is 4.77. The van der Waals surface area contributed by atoms with Crippen molar-refractivity contribution in [2.45, 2.75) is 6.04 Å². The third kappa shape index (κ3) is 2.28. The van der Waals surface area contributed by atoms with E-state index in [1.165, 1.54) is 12.3 Å². The summed E-state index contributed by atoms with van der Waals surface area (Å²) < 4.78 is 27.1. The fraction of sp³-hybridized carbons (Fsp3) is 0.0833. The Labute approximate surface area is 102 Å².